The summed E-state index contributed by atoms with van der Waals surface area (Å²) in [6, 6.07) is 0. The lowest BCUT2D eigenvalue weighted by atomic mass is 10.1. The predicted molar refractivity (Wildman–Crippen MR) is 63.0 cm³/mol. The Bertz CT molecular complexity index is 533. The third-order valence-electron chi connectivity index (χ3n) is 3.04. The van der Waals surface area contributed by atoms with Gasteiger partial charge in [-0.2, -0.15) is 0 Å². The number of carboxylic acids is 1. The molecule has 1 saturated heterocycles. The number of hydrogen-bond acceptors (Lipinski definition) is 5. The first-order valence-corrected chi connectivity index (χ1v) is 7.56. The van der Waals surface area contributed by atoms with E-state index in [0.717, 1.165) is 6.42 Å². The Morgan fingerprint density at radius 2 is 2.28 bits per heavy atom. The molecule has 0 aliphatic carbocycles. The van der Waals surface area contributed by atoms with E-state index < -0.39 is 21.1 Å². The minimum atomic E-state index is -3.05. The number of rotatable bonds is 4. The number of oxazole rings is 1. The number of sulfone groups is 1. The maximum Gasteiger partial charge on any atom is 0.311 e. The molecule has 0 saturated carbocycles. The lowest BCUT2D eigenvalue weighted by Gasteiger charge is -2.20. The topological polar surface area (TPSA) is 97.5 Å². The van der Waals surface area contributed by atoms with Crippen LogP contribution in [0.1, 0.15) is 30.9 Å². The summed E-state index contributed by atoms with van der Waals surface area (Å²) in [6.07, 6.45) is 3.59. The standard InChI is InChI=1S/C11H15NO5S/c13-11(14)5-8-7-12-10(17-8)6-9-3-1-2-4-18(9,15)16/h7,9H,1-6H2,(H,13,14). The van der Waals surface area contributed by atoms with Gasteiger partial charge in [0.25, 0.3) is 0 Å². The Labute approximate surface area is 105 Å². The van der Waals surface area contributed by atoms with E-state index >= 15 is 0 Å². The van der Waals surface area contributed by atoms with E-state index in [2.05, 4.69) is 4.98 Å². The summed E-state index contributed by atoms with van der Waals surface area (Å²) < 4.78 is 28.8. The molecule has 6 nitrogen and oxygen atoms in total. The van der Waals surface area contributed by atoms with Crippen molar-refractivity contribution < 1.29 is 22.7 Å². The highest BCUT2D eigenvalue weighted by Gasteiger charge is 2.30. The first kappa shape index (κ1) is 13.1. The molecule has 0 bridgehead atoms. The summed E-state index contributed by atoms with van der Waals surface area (Å²) in [7, 11) is -3.05. The number of hydrogen-bond donors (Lipinski definition) is 1. The monoisotopic (exact) mass is 273 g/mol. The fourth-order valence-corrected chi connectivity index (χ4v) is 3.98. The summed E-state index contributed by atoms with van der Waals surface area (Å²) in [5.74, 6) is -0.212. The van der Waals surface area contributed by atoms with Crippen LogP contribution in [-0.4, -0.2) is 35.5 Å². The first-order valence-electron chi connectivity index (χ1n) is 5.84. The molecule has 1 aromatic rings. The molecular weight excluding hydrogens is 258 g/mol. The molecule has 1 aromatic heterocycles. The Morgan fingerprint density at radius 1 is 1.50 bits per heavy atom. The Kier molecular flexibility index (Phi) is 3.70. The van der Waals surface area contributed by atoms with Gasteiger partial charge in [0.2, 0.25) is 0 Å². The second-order valence-electron chi connectivity index (χ2n) is 4.48. The highest BCUT2D eigenvalue weighted by atomic mass is 32.2. The van der Waals surface area contributed by atoms with Gasteiger partial charge in [0.1, 0.15) is 12.2 Å². The molecule has 7 heteroatoms. The van der Waals surface area contributed by atoms with E-state index in [1.54, 1.807) is 0 Å². The van der Waals surface area contributed by atoms with Crippen LogP contribution >= 0.6 is 0 Å². The van der Waals surface area contributed by atoms with Crippen molar-refractivity contribution in [2.24, 2.45) is 0 Å². The van der Waals surface area contributed by atoms with Gasteiger partial charge in [0.15, 0.2) is 15.7 Å². The van der Waals surface area contributed by atoms with Gasteiger partial charge in [-0.3, -0.25) is 4.79 Å². The minimum Gasteiger partial charge on any atom is -0.481 e. The van der Waals surface area contributed by atoms with Crippen LogP contribution in [0.3, 0.4) is 0 Å². The van der Waals surface area contributed by atoms with Crippen LogP contribution in [0, 0.1) is 0 Å². The van der Waals surface area contributed by atoms with Crippen LogP contribution in [0.25, 0.3) is 0 Å². The molecule has 0 spiro atoms. The Hall–Kier alpha value is -1.37. The van der Waals surface area contributed by atoms with Gasteiger partial charge < -0.3 is 9.52 Å². The molecule has 1 aliphatic rings. The fourth-order valence-electron chi connectivity index (χ4n) is 2.12. The molecular formula is C11H15NO5S. The zero-order valence-corrected chi connectivity index (χ0v) is 10.6. The van der Waals surface area contributed by atoms with Gasteiger partial charge in [-0.25, -0.2) is 13.4 Å². The van der Waals surface area contributed by atoms with Gasteiger partial charge in [-0.1, -0.05) is 6.42 Å². The van der Waals surface area contributed by atoms with E-state index in [0.29, 0.717) is 18.7 Å². The maximum absolute atomic E-state index is 11.8. The number of aromatic nitrogens is 1. The van der Waals surface area contributed by atoms with Crippen LogP contribution in [-0.2, 0) is 27.5 Å². The zero-order chi connectivity index (χ0) is 13.2. The van der Waals surface area contributed by atoms with E-state index in [1.807, 2.05) is 0 Å². The summed E-state index contributed by atoms with van der Waals surface area (Å²) in [6.45, 7) is 0. The maximum atomic E-state index is 11.8. The van der Waals surface area contributed by atoms with Gasteiger partial charge >= 0.3 is 5.97 Å². The highest BCUT2D eigenvalue weighted by Crippen LogP contribution is 2.23. The number of aliphatic carboxylic acids is 1. The molecule has 1 aliphatic heterocycles. The zero-order valence-electron chi connectivity index (χ0n) is 9.83. The summed E-state index contributed by atoms with van der Waals surface area (Å²) in [5, 5.41) is 8.15. The normalized spacial score (nSPS) is 22.8. The van der Waals surface area contributed by atoms with Crippen molar-refractivity contribution in [1.82, 2.24) is 4.98 Å². The van der Waals surface area contributed by atoms with E-state index in [4.69, 9.17) is 9.52 Å². The third-order valence-corrected chi connectivity index (χ3v) is 5.32. The molecule has 0 radical (unpaired) electrons. The molecule has 2 rings (SSSR count). The Balaban J connectivity index is 2.04. The quantitative estimate of drug-likeness (QED) is 0.871. The average Bonchev–Trinajstić information content (AvgIpc) is 2.68. The molecule has 1 fully saturated rings. The van der Waals surface area contributed by atoms with Gasteiger partial charge in [-0.15, -0.1) is 0 Å². The molecule has 1 N–H and O–H groups in total. The molecule has 0 amide bonds. The largest absolute Gasteiger partial charge is 0.481 e. The second kappa shape index (κ2) is 5.09. The molecule has 2 heterocycles. The number of carboxylic acid groups (broad SMARTS) is 1. The molecule has 1 atom stereocenters. The summed E-state index contributed by atoms with van der Waals surface area (Å²) >= 11 is 0. The molecule has 18 heavy (non-hydrogen) atoms. The number of carbonyl (C=O) groups is 1. The van der Waals surface area contributed by atoms with Crippen molar-refractivity contribution in [2.45, 2.75) is 37.4 Å². The van der Waals surface area contributed by atoms with Crippen LogP contribution in [0.5, 0.6) is 0 Å². The average molecular weight is 273 g/mol. The summed E-state index contributed by atoms with van der Waals surface area (Å²) in [4.78, 5) is 14.4. The van der Waals surface area contributed by atoms with Gasteiger partial charge in [0, 0.05) is 6.42 Å². The van der Waals surface area contributed by atoms with E-state index in [1.165, 1.54) is 6.20 Å². The molecule has 0 aromatic carbocycles. The molecule has 1 unspecified atom stereocenters. The molecule has 100 valence electrons. The fraction of sp³-hybridized carbons (Fsp3) is 0.636. The van der Waals surface area contributed by atoms with Crippen LogP contribution in [0.4, 0.5) is 0 Å². The predicted octanol–water partition coefficient (Wildman–Crippen LogP) is 0.812. The van der Waals surface area contributed by atoms with Crippen LogP contribution in [0.2, 0.25) is 0 Å². The Morgan fingerprint density at radius 3 is 2.94 bits per heavy atom. The summed E-state index contributed by atoms with van der Waals surface area (Å²) in [5.41, 5.74) is 0. The lowest BCUT2D eigenvalue weighted by Crippen LogP contribution is -2.30. The second-order valence-corrected chi connectivity index (χ2v) is 6.88. The number of nitrogens with zero attached hydrogens (tertiary/aromatic N) is 1. The van der Waals surface area contributed by atoms with Gasteiger partial charge in [-0.05, 0) is 12.8 Å². The van der Waals surface area contributed by atoms with E-state index in [9.17, 15) is 13.2 Å². The van der Waals surface area contributed by atoms with Crippen LogP contribution < -0.4 is 0 Å². The van der Waals surface area contributed by atoms with Crippen molar-refractivity contribution in [2.75, 3.05) is 5.75 Å². The van der Waals surface area contributed by atoms with Crippen molar-refractivity contribution in [3.8, 4) is 0 Å². The highest BCUT2D eigenvalue weighted by molar-refractivity contribution is 7.92. The van der Waals surface area contributed by atoms with Crippen molar-refractivity contribution in [3.63, 3.8) is 0 Å². The van der Waals surface area contributed by atoms with Crippen molar-refractivity contribution in [1.29, 1.82) is 0 Å². The minimum absolute atomic E-state index is 0.223. The van der Waals surface area contributed by atoms with Crippen molar-refractivity contribution in [3.05, 3.63) is 17.8 Å². The van der Waals surface area contributed by atoms with Gasteiger partial charge in [0.05, 0.1) is 17.2 Å². The lowest BCUT2D eigenvalue weighted by molar-refractivity contribution is -0.136. The SMILES string of the molecule is O=C(O)Cc1cnc(CC2CCCCS2(=O)=O)o1. The smallest absolute Gasteiger partial charge is 0.311 e. The van der Waals surface area contributed by atoms with Crippen LogP contribution in [0.15, 0.2) is 10.6 Å². The first-order chi connectivity index (χ1) is 8.47. The third kappa shape index (κ3) is 3.10. The van der Waals surface area contributed by atoms with E-state index in [-0.39, 0.29) is 24.4 Å². The van der Waals surface area contributed by atoms with Crippen molar-refractivity contribution >= 4 is 15.8 Å².